The van der Waals surface area contributed by atoms with Gasteiger partial charge in [0, 0.05) is 25.2 Å². The minimum Gasteiger partial charge on any atom is -0.462 e. The molecule has 0 saturated carbocycles. The zero-order chi connectivity index (χ0) is 35.6. The molecule has 1 saturated heterocycles. The van der Waals surface area contributed by atoms with Crippen LogP contribution in [0.25, 0.3) is 0 Å². The van der Waals surface area contributed by atoms with Gasteiger partial charge in [-0.25, -0.2) is 4.57 Å². The number of carbonyl (C=O) groups is 2. The van der Waals surface area contributed by atoms with E-state index in [1.54, 1.807) is 12.2 Å². The molecule has 5 N–H and O–H groups in total. The third kappa shape index (κ3) is 23.7. The zero-order valence-electron chi connectivity index (χ0n) is 29.2. The molecule has 12 nitrogen and oxygen atoms in total. The van der Waals surface area contributed by atoms with E-state index >= 15 is 0 Å². The van der Waals surface area contributed by atoms with Gasteiger partial charge in [0.25, 0.3) is 0 Å². The molecule has 0 spiro atoms. The summed E-state index contributed by atoms with van der Waals surface area (Å²) in [6, 6.07) is 0. The van der Waals surface area contributed by atoms with Crippen molar-refractivity contribution in [1.82, 2.24) is 0 Å². The predicted octanol–water partition coefficient (Wildman–Crippen LogP) is 6.17. The Bertz CT molecular complexity index is 952. The number of esters is 2. The number of hydrogen-bond acceptors (Lipinski definition) is 10. The van der Waals surface area contributed by atoms with Crippen LogP contribution in [-0.2, 0) is 32.9 Å². The molecule has 0 aromatic heterocycles. The summed E-state index contributed by atoms with van der Waals surface area (Å²) in [6.45, 7) is 3.30. The molecule has 0 amide bonds. The number of phosphoric acid groups is 1. The fourth-order valence-corrected chi connectivity index (χ4v) is 5.83. The monoisotopic (exact) mass is 706 g/mol. The number of aliphatic hydroxyl groups is 3. The van der Waals surface area contributed by atoms with Crippen molar-refractivity contribution in [3.05, 3.63) is 24.3 Å². The molecule has 1 aliphatic heterocycles. The minimum atomic E-state index is -4.82. The Balaban J connectivity index is 2.44. The zero-order valence-corrected chi connectivity index (χ0v) is 30.1. The van der Waals surface area contributed by atoms with Crippen LogP contribution in [0.4, 0.5) is 0 Å². The van der Waals surface area contributed by atoms with E-state index < -0.39 is 57.1 Å². The van der Waals surface area contributed by atoms with Crippen molar-refractivity contribution < 1.29 is 58.0 Å². The largest absolute Gasteiger partial charge is 0.469 e. The molecule has 0 bridgehead atoms. The lowest BCUT2D eigenvalue weighted by Gasteiger charge is -2.36. The van der Waals surface area contributed by atoms with Gasteiger partial charge in [0.05, 0.1) is 24.9 Å². The van der Waals surface area contributed by atoms with Crippen LogP contribution in [0.15, 0.2) is 24.3 Å². The molecule has 0 radical (unpaired) electrons. The number of unbranched alkanes of at least 4 members (excludes halogenated alkanes) is 11. The van der Waals surface area contributed by atoms with Crippen molar-refractivity contribution in [1.29, 1.82) is 0 Å². The fraction of sp³-hybridized carbons (Fsp3) is 0.829. The lowest BCUT2D eigenvalue weighted by atomic mass is 9.87. The van der Waals surface area contributed by atoms with Crippen LogP contribution in [0.5, 0.6) is 0 Å². The number of allylic oxidation sites excluding steroid dienone is 2. The molecule has 0 aromatic rings. The first-order valence-corrected chi connectivity index (χ1v) is 19.6. The van der Waals surface area contributed by atoms with Gasteiger partial charge >= 0.3 is 19.8 Å². The molecule has 0 aliphatic carbocycles. The first-order chi connectivity index (χ1) is 22.9. The van der Waals surface area contributed by atoms with Gasteiger partial charge in [-0.3, -0.25) is 14.1 Å². The van der Waals surface area contributed by atoms with Gasteiger partial charge < -0.3 is 39.3 Å². The normalized spacial score (nSPS) is 21.5. The van der Waals surface area contributed by atoms with Crippen molar-refractivity contribution >= 4 is 19.8 Å². The van der Waals surface area contributed by atoms with Crippen molar-refractivity contribution in [2.45, 2.75) is 167 Å². The second-order valence-electron chi connectivity index (χ2n) is 12.7. The molecule has 0 aromatic carbocycles. The molecule has 1 heterocycles. The Kier molecular flexibility index (Phi) is 25.1. The average Bonchev–Trinajstić information content (AvgIpc) is 3.02. The van der Waals surface area contributed by atoms with Crippen molar-refractivity contribution in [2.24, 2.45) is 5.92 Å². The van der Waals surface area contributed by atoms with Gasteiger partial charge in [-0.15, -0.1) is 0 Å². The summed E-state index contributed by atoms with van der Waals surface area (Å²) in [6.07, 6.45) is 18.2. The summed E-state index contributed by atoms with van der Waals surface area (Å²) in [5.41, 5.74) is 0. The third-order valence-electron chi connectivity index (χ3n) is 8.27. The second-order valence-corrected chi connectivity index (χ2v) is 14.0. The maximum atomic E-state index is 12.4. The van der Waals surface area contributed by atoms with Crippen LogP contribution in [0.1, 0.15) is 136 Å². The fourth-order valence-electron chi connectivity index (χ4n) is 5.47. The highest BCUT2D eigenvalue weighted by Crippen LogP contribution is 2.36. The SMILES string of the molecule is CCCCCCCCCCCC(=O)OC[C@H](COP(=O)(O)O)OC(=O)CCC/C=C\C[C@H]1[C@@H](O)CC(O)O[C@@H]1/C=C/[C@@H](O)CCCCC. The molecule has 48 heavy (non-hydrogen) atoms. The summed E-state index contributed by atoms with van der Waals surface area (Å²) in [4.78, 5) is 42.8. The smallest absolute Gasteiger partial charge is 0.462 e. The maximum Gasteiger partial charge on any atom is 0.469 e. The molecule has 1 unspecified atom stereocenters. The highest BCUT2D eigenvalue weighted by molar-refractivity contribution is 7.46. The lowest BCUT2D eigenvalue weighted by Crippen LogP contribution is -2.43. The lowest BCUT2D eigenvalue weighted by molar-refractivity contribution is -0.199. The predicted molar refractivity (Wildman–Crippen MR) is 183 cm³/mol. The van der Waals surface area contributed by atoms with E-state index in [0.29, 0.717) is 32.1 Å². The van der Waals surface area contributed by atoms with Crippen LogP contribution in [0, 0.1) is 5.92 Å². The number of carbonyl (C=O) groups excluding carboxylic acids is 2. The highest BCUT2D eigenvalue weighted by Gasteiger charge is 2.35. The number of hydrogen-bond donors (Lipinski definition) is 5. The van der Waals surface area contributed by atoms with Gasteiger partial charge in [-0.1, -0.05) is 109 Å². The van der Waals surface area contributed by atoms with Crippen LogP contribution in [0.3, 0.4) is 0 Å². The molecule has 280 valence electrons. The van der Waals surface area contributed by atoms with E-state index in [2.05, 4.69) is 18.4 Å². The Morgan fingerprint density at radius 2 is 1.48 bits per heavy atom. The molecule has 6 atom stereocenters. The maximum absolute atomic E-state index is 12.4. The van der Waals surface area contributed by atoms with Crippen LogP contribution < -0.4 is 0 Å². The standard InChI is InChI=1S/C35H63O12P/c1-3-5-7-8-9-10-11-12-17-21-33(38)44-26-29(27-45-48(41,42)43)46-34(39)22-18-14-13-16-20-30-31(37)25-35(40)47-32(30)24-23-28(36)19-15-6-4-2/h13,16,23-24,28-32,35-37,40H,3-12,14-15,17-22,25-27H2,1-2H3,(H2,41,42,43)/b16-13-,24-23+/t28-,29+,30-,31-,32+,35?/m0/s1. The Hall–Kier alpha value is -1.63. The van der Waals surface area contributed by atoms with Gasteiger partial charge in [0.15, 0.2) is 12.4 Å². The number of rotatable bonds is 28. The number of ether oxygens (including phenoxy) is 3. The van der Waals surface area contributed by atoms with Gasteiger partial charge in [0.2, 0.25) is 0 Å². The topological polar surface area (TPSA) is 189 Å². The summed E-state index contributed by atoms with van der Waals surface area (Å²) in [7, 11) is -4.82. The molecule has 1 aliphatic rings. The van der Waals surface area contributed by atoms with E-state index in [1.807, 2.05) is 12.2 Å². The summed E-state index contributed by atoms with van der Waals surface area (Å²) < 4.78 is 31.8. The first kappa shape index (κ1) is 44.4. The van der Waals surface area contributed by atoms with E-state index in [4.69, 9.17) is 24.0 Å². The Morgan fingerprint density at radius 1 is 0.854 bits per heavy atom. The van der Waals surface area contributed by atoms with E-state index in [1.165, 1.54) is 32.1 Å². The van der Waals surface area contributed by atoms with Gasteiger partial charge in [-0.2, -0.15) is 0 Å². The highest BCUT2D eigenvalue weighted by atomic mass is 31.2. The molecular weight excluding hydrogens is 643 g/mol. The van der Waals surface area contributed by atoms with Crippen molar-refractivity contribution in [3.63, 3.8) is 0 Å². The van der Waals surface area contributed by atoms with Gasteiger partial charge in [0.1, 0.15) is 6.61 Å². The van der Waals surface area contributed by atoms with Crippen molar-refractivity contribution in [2.75, 3.05) is 13.2 Å². The Morgan fingerprint density at radius 3 is 2.15 bits per heavy atom. The molecule has 13 heteroatoms. The van der Waals surface area contributed by atoms with Crippen LogP contribution in [-0.4, -0.2) is 81.0 Å². The molecular formula is C35H63O12P. The van der Waals surface area contributed by atoms with Crippen LogP contribution >= 0.6 is 7.82 Å². The summed E-state index contributed by atoms with van der Waals surface area (Å²) in [5, 5.41) is 30.7. The number of phosphoric ester groups is 1. The minimum absolute atomic E-state index is 0.0196. The number of aliphatic hydroxyl groups excluding tert-OH is 3. The first-order valence-electron chi connectivity index (χ1n) is 18.0. The van der Waals surface area contributed by atoms with E-state index in [0.717, 1.165) is 38.5 Å². The van der Waals surface area contributed by atoms with Crippen LogP contribution in [0.2, 0.25) is 0 Å². The van der Waals surface area contributed by atoms with E-state index in [-0.39, 0.29) is 31.8 Å². The molecule has 1 rings (SSSR count). The second kappa shape index (κ2) is 27.1. The molecule has 1 fully saturated rings. The quantitative estimate of drug-likeness (QED) is 0.0270. The summed E-state index contributed by atoms with van der Waals surface area (Å²) in [5.74, 6) is -1.40. The average molecular weight is 707 g/mol. The Labute approximate surface area is 287 Å². The van der Waals surface area contributed by atoms with Crippen molar-refractivity contribution in [3.8, 4) is 0 Å². The van der Waals surface area contributed by atoms with E-state index in [9.17, 15) is 29.5 Å². The third-order valence-corrected chi connectivity index (χ3v) is 8.75. The summed E-state index contributed by atoms with van der Waals surface area (Å²) >= 11 is 0. The van der Waals surface area contributed by atoms with Gasteiger partial charge in [-0.05, 0) is 32.1 Å².